The van der Waals surface area contributed by atoms with Crippen molar-refractivity contribution in [3.63, 3.8) is 0 Å². The minimum atomic E-state index is -3.76. The van der Waals surface area contributed by atoms with Gasteiger partial charge in [0.15, 0.2) is 0 Å². The van der Waals surface area contributed by atoms with Crippen molar-refractivity contribution in [3.05, 3.63) is 48.3 Å². The van der Waals surface area contributed by atoms with E-state index in [1.165, 1.54) is 10.5 Å². The lowest BCUT2D eigenvalue weighted by Crippen LogP contribution is -2.37. The van der Waals surface area contributed by atoms with Crippen LogP contribution in [0.5, 0.6) is 0 Å². The van der Waals surface area contributed by atoms with Gasteiger partial charge in [0.25, 0.3) is 0 Å². The smallest absolute Gasteiger partial charge is 0.246 e. The van der Waals surface area contributed by atoms with Gasteiger partial charge in [-0.2, -0.15) is 9.40 Å². The van der Waals surface area contributed by atoms with E-state index in [4.69, 9.17) is 4.74 Å². The molecule has 0 spiro atoms. The summed E-state index contributed by atoms with van der Waals surface area (Å²) >= 11 is 0. The van der Waals surface area contributed by atoms with Gasteiger partial charge < -0.3 is 9.84 Å². The Morgan fingerprint density at radius 3 is 2.67 bits per heavy atom. The summed E-state index contributed by atoms with van der Waals surface area (Å²) in [6.45, 7) is 5.44. The van der Waals surface area contributed by atoms with E-state index in [2.05, 4.69) is 5.10 Å². The van der Waals surface area contributed by atoms with Crippen molar-refractivity contribution in [1.29, 1.82) is 0 Å². The highest BCUT2D eigenvalue weighted by Crippen LogP contribution is 2.24. The maximum Gasteiger partial charge on any atom is 0.246 e. The van der Waals surface area contributed by atoms with Crippen molar-refractivity contribution in [3.8, 4) is 0 Å². The molecule has 0 unspecified atom stereocenters. The van der Waals surface area contributed by atoms with Gasteiger partial charge in [-0.3, -0.25) is 4.68 Å². The topological polar surface area (TPSA) is 84.7 Å². The Balaban J connectivity index is 1.82. The molecule has 0 aliphatic carbocycles. The highest BCUT2D eigenvalue weighted by atomic mass is 32.2. The van der Waals surface area contributed by atoms with Crippen LogP contribution in [-0.4, -0.2) is 53.9 Å². The van der Waals surface area contributed by atoms with Crippen LogP contribution in [0.25, 0.3) is 0 Å². The lowest BCUT2D eigenvalue weighted by molar-refractivity contribution is 0.143. The van der Waals surface area contributed by atoms with Gasteiger partial charge in [-0.05, 0) is 17.9 Å². The molecule has 1 aromatic carbocycles. The molecule has 0 radical (unpaired) electrons. The maximum absolute atomic E-state index is 13.2. The summed E-state index contributed by atoms with van der Waals surface area (Å²) < 4.78 is 34.8. The molecule has 1 N–H and O–H groups in total. The molecular weight excluding hydrogens is 366 g/mol. The molecule has 1 saturated heterocycles. The zero-order valence-electron chi connectivity index (χ0n) is 15.7. The predicted octanol–water partition coefficient (Wildman–Crippen LogP) is 2.22. The Kier molecular flexibility index (Phi) is 6.31. The number of nitrogens with zero attached hydrogens (tertiary/aromatic N) is 3. The summed E-state index contributed by atoms with van der Waals surface area (Å²) in [6.07, 6.45) is 2.88. The second-order valence-corrected chi connectivity index (χ2v) is 9.25. The summed E-state index contributed by atoms with van der Waals surface area (Å²) in [5.41, 5.74) is 0.695. The number of aliphatic hydroxyl groups is 1. The molecule has 2 heterocycles. The van der Waals surface area contributed by atoms with Crippen molar-refractivity contribution in [2.75, 3.05) is 26.3 Å². The highest BCUT2D eigenvalue weighted by Gasteiger charge is 2.30. The van der Waals surface area contributed by atoms with Crippen LogP contribution in [0.2, 0.25) is 0 Å². The van der Waals surface area contributed by atoms with Crippen molar-refractivity contribution in [2.45, 2.75) is 37.3 Å². The van der Waals surface area contributed by atoms with Gasteiger partial charge in [0.1, 0.15) is 4.90 Å². The summed E-state index contributed by atoms with van der Waals surface area (Å²) in [7, 11) is -3.76. The monoisotopic (exact) mass is 393 g/mol. The first-order chi connectivity index (χ1) is 12.9. The van der Waals surface area contributed by atoms with Crippen molar-refractivity contribution < 1.29 is 18.3 Å². The number of hydrogen-bond acceptors (Lipinski definition) is 5. The quantitative estimate of drug-likeness (QED) is 0.743. The predicted molar refractivity (Wildman–Crippen MR) is 102 cm³/mol. The van der Waals surface area contributed by atoms with Crippen molar-refractivity contribution in [2.24, 2.45) is 5.92 Å². The van der Waals surface area contributed by atoms with Crippen LogP contribution < -0.4 is 0 Å². The standard InChI is InChI=1S/C19H27N3O4S/c1-15(2)11-21(13-19(23)16-6-4-3-5-7-16)27(24,25)18-10-20-22(12-18)17-8-9-26-14-17/h3-7,10,12,15,17,19,23H,8-9,11,13-14H2,1-2H3/t17-,19+/m0/s1. The van der Waals surface area contributed by atoms with Crippen LogP contribution in [-0.2, 0) is 14.8 Å². The van der Waals surface area contributed by atoms with E-state index in [1.807, 2.05) is 32.0 Å². The second kappa shape index (κ2) is 8.52. The average molecular weight is 394 g/mol. The molecule has 27 heavy (non-hydrogen) atoms. The summed E-state index contributed by atoms with van der Waals surface area (Å²) in [5, 5.41) is 14.8. The molecule has 7 nitrogen and oxygen atoms in total. The van der Waals surface area contributed by atoms with Crippen molar-refractivity contribution in [1.82, 2.24) is 14.1 Å². The molecule has 2 aromatic rings. The van der Waals surface area contributed by atoms with Gasteiger partial charge >= 0.3 is 0 Å². The van der Waals surface area contributed by atoms with E-state index in [0.29, 0.717) is 25.3 Å². The fraction of sp³-hybridized carbons (Fsp3) is 0.526. The van der Waals surface area contributed by atoms with Gasteiger partial charge in [-0.15, -0.1) is 0 Å². The van der Waals surface area contributed by atoms with Crippen LogP contribution in [0.1, 0.15) is 38.0 Å². The molecule has 1 aromatic heterocycles. The number of rotatable bonds is 8. The molecule has 2 atom stereocenters. The van der Waals surface area contributed by atoms with Crippen LogP contribution in [0, 0.1) is 5.92 Å². The fourth-order valence-corrected chi connectivity index (χ4v) is 4.74. The van der Waals surface area contributed by atoms with Gasteiger partial charge in [-0.25, -0.2) is 8.42 Å². The molecule has 0 saturated carbocycles. The average Bonchev–Trinajstić information content (AvgIpc) is 3.33. The van der Waals surface area contributed by atoms with Crippen LogP contribution in [0.4, 0.5) is 0 Å². The van der Waals surface area contributed by atoms with Gasteiger partial charge in [0.2, 0.25) is 10.0 Å². The van der Waals surface area contributed by atoms with E-state index in [0.717, 1.165) is 6.42 Å². The van der Waals surface area contributed by atoms with Gasteiger partial charge in [0.05, 0.1) is 24.9 Å². The molecule has 3 rings (SSSR count). The largest absolute Gasteiger partial charge is 0.387 e. The first-order valence-electron chi connectivity index (χ1n) is 9.23. The number of aromatic nitrogens is 2. The number of sulfonamides is 1. The molecule has 1 aliphatic rings. The maximum atomic E-state index is 13.2. The summed E-state index contributed by atoms with van der Waals surface area (Å²) in [6, 6.07) is 9.18. The SMILES string of the molecule is CC(C)CN(C[C@@H](O)c1ccccc1)S(=O)(=O)c1cnn([C@H]2CCOC2)c1. The first-order valence-corrected chi connectivity index (χ1v) is 10.7. The minimum Gasteiger partial charge on any atom is -0.387 e. The van der Waals surface area contributed by atoms with E-state index in [1.54, 1.807) is 23.0 Å². The third-order valence-electron chi connectivity index (χ3n) is 4.63. The summed E-state index contributed by atoms with van der Waals surface area (Å²) in [4.78, 5) is 0.148. The Morgan fingerprint density at radius 1 is 1.30 bits per heavy atom. The molecule has 1 aliphatic heterocycles. The van der Waals surface area contributed by atoms with E-state index in [9.17, 15) is 13.5 Å². The van der Waals surface area contributed by atoms with Gasteiger partial charge in [0, 0.05) is 25.9 Å². The van der Waals surface area contributed by atoms with Crippen LogP contribution in [0.3, 0.4) is 0 Å². The first kappa shape index (κ1) is 20.0. The number of aliphatic hydroxyl groups excluding tert-OH is 1. The Morgan fingerprint density at radius 2 is 2.04 bits per heavy atom. The molecule has 8 heteroatoms. The number of benzene rings is 1. The molecule has 148 valence electrons. The lowest BCUT2D eigenvalue weighted by Gasteiger charge is -2.26. The van der Waals surface area contributed by atoms with Crippen molar-refractivity contribution >= 4 is 10.0 Å². The molecule has 0 amide bonds. The van der Waals surface area contributed by atoms with Crippen LogP contribution in [0.15, 0.2) is 47.6 Å². The molecular formula is C19H27N3O4S. The highest BCUT2D eigenvalue weighted by molar-refractivity contribution is 7.89. The Bertz CT molecular complexity index is 830. The van der Waals surface area contributed by atoms with Gasteiger partial charge in [-0.1, -0.05) is 44.2 Å². The fourth-order valence-electron chi connectivity index (χ4n) is 3.18. The van der Waals surface area contributed by atoms with E-state index in [-0.39, 0.29) is 23.4 Å². The third kappa shape index (κ3) is 4.76. The Hall–Kier alpha value is -1.74. The number of hydrogen-bond donors (Lipinski definition) is 1. The van der Waals surface area contributed by atoms with Crippen LogP contribution >= 0.6 is 0 Å². The van der Waals surface area contributed by atoms with E-state index >= 15 is 0 Å². The second-order valence-electron chi connectivity index (χ2n) is 7.32. The molecule has 1 fully saturated rings. The summed E-state index contributed by atoms with van der Waals surface area (Å²) in [5.74, 6) is 0.126. The lowest BCUT2D eigenvalue weighted by atomic mass is 10.1. The number of ether oxygens (including phenoxy) is 1. The Labute approximate surface area is 160 Å². The third-order valence-corrected chi connectivity index (χ3v) is 6.41. The normalized spacial score (nSPS) is 19.1. The zero-order valence-corrected chi connectivity index (χ0v) is 16.5. The zero-order chi connectivity index (χ0) is 19.4. The minimum absolute atomic E-state index is 0.00223. The molecule has 0 bridgehead atoms. The van der Waals surface area contributed by atoms with E-state index < -0.39 is 16.1 Å².